The molecule has 1 aliphatic heterocycles. The summed E-state index contributed by atoms with van der Waals surface area (Å²) in [6, 6.07) is 6.05. The fourth-order valence-electron chi connectivity index (χ4n) is 3.17. The molecule has 0 radical (unpaired) electrons. The van der Waals surface area contributed by atoms with Crippen LogP contribution in [0.5, 0.6) is 0 Å². The Balaban J connectivity index is 1.92. The molecule has 1 saturated heterocycles. The second-order valence-corrected chi connectivity index (χ2v) is 5.50. The van der Waals surface area contributed by atoms with Crippen LogP contribution in [0.3, 0.4) is 0 Å². The quantitative estimate of drug-likeness (QED) is 0.831. The Hall–Kier alpha value is -1.71. The summed E-state index contributed by atoms with van der Waals surface area (Å²) >= 11 is 0. The number of benzene rings is 1. The topological polar surface area (TPSA) is 46.2 Å². The molecule has 1 heterocycles. The van der Waals surface area contributed by atoms with Gasteiger partial charge in [-0.15, -0.1) is 0 Å². The highest BCUT2D eigenvalue weighted by Crippen LogP contribution is 2.44. The fraction of sp³-hybridized carbons (Fsp3) is 0.467. The van der Waals surface area contributed by atoms with E-state index in [2.05, 4.69) is 5.32 Å². The number of piperidine rings is 1. The second-order valence-electron chi connectivity index (χ2n) is 5.50. The van der Waals surface area contributed by atoms with Gasteiger partial charge in [0, 0.05) is 6.42 Å². The lowest BCUT2D eigenvalue weighted by Crippen LogP contribution is -2.47. The van der Waals surface area contributed by atoms with Gasteiger partial charge < -0.3 is 0 Å². The number of halogens is 1. The predicted octanol–water partition coefficient (Wildman–Crippen LogP) is 2.37. The first-order chi connectivity index (χ1) is 9.15. The fourth-order valence-corrected chi connectivity index (χ4v) is 3.17. The maximum absolute atomic E-state index is 13.0. The molecule has 0 spiro atoms. The normalized spacial score (nSPS) is 27.8. The van der Waals surface area contributed by atoms with E-state index >= 15 is 0 Å². The van der Waals surface area contributed by atoms with Gasteiger partial charge in [-0.1, -0.05) is 31.4 Å². The first kappa shape index (κ1) is 12.3. The van der Waals surface area contributed by atoms with Crippen LogP contribution in [-0.4, -0.2) is 11.8 Å². The minimum absolute atomic E-state index is 0.0699. The molecule has 1 saturated carbocycles. The third-order valence-corrected chi connectivity index (χ3v) is 4.38. The van der Waals surface area contributed by atoms with Crippen molar-refractivity contribution in [1.82, 2.24) is 5.32 Å². The summed E-state index contributed by atoms with van der Waals surface area (Å²) in [6.45, 7) is 0. The summed E-state index contributed by atoms with van der Waals surface area (Å²) in [5, 5.41) is 2.40. The minimum atomic E-state index is -0.316. The second kappa shape index (κ2) is 4.76. The van der Waals surface area contributed by atoms with Crippen molar-refractivity contribution in [3.05, 3.63) is 35.6 Å². The average molecular weight is 261 g/mol. The van der Waals surface area contributed by atoms with E-state index in [1.54, 1.807) is 12.1 Å². The van der Waals surface area contributed by atoms with Gasteiger partial charge in [0.05, 0.1) is 5.92 Å². The summed E-state index contributed by atoms with van der Waals surface area (Å²) in [5.41, 5.74) is 0.809. The van der Waals surface area contributed by atoms with Crippen LogP contribution in [0.15, 0.2) is 24.3 Å². The summed E-state index contributed by atoms with van der Waals surface area (Å²) < 4.78 is 13.0. The van der Waals surface area contributed by atoms with Gasteiger partial charge in [-0.25, -0.2) is 4.39 Å². The smallest absolute Gasteiger partial charge is 0.234 e. The van der Waals surface area contributed by atoms with Crippen molar-refractivity contribution in [2.75, 3.05) is 0 Å². The van der Waals surface area contributed by atoms with E-state index in [1.165, 1.54) is 18.6 Å². The number of carbonyl (C=O) groups excluding carboxylic acids is 2. The average Bonchev–Trinajstić information content (AvgIpc) is 2.28. The Kier molecular flexibility index (Phi) is 3.09. The third kappa shape index (κ3) is 2.27. The molecule has 1 N–H and O–H groups in total. The van der Waals surface area contributed by atoms with E-state index in [0.29, 0.717) is 12.3 Å². The number of hydrogen-bond acceptors (Lipinski definition) is 2. The Morgan fingerprint density at radius 3 is 2.37 bits per heavy atom. The Morgan fingerprint density at radius 2 is 1.79 bits per heavy atom. The van der Waals surface area contributed by atoms with E-state index in [9.17, 15) is 14.0 Å². The van der Waals surface area contributed by atoms with Crippen LogP contribution < -0.4 is 5.32 Å². The van der Waals surface area contributed by atoms with E-state index in [-0.39, 0.29) is 29.5 Å². The lowest BCUT2D eigenvalue weighted by molar-refractivity contribution is -0.138. The van der Waals surface area contributed by atoms with E-state index in [4.69, 9.17) is 0 Å². The van der Waals surface area contributed by atoms with Gasteiger partial charge >= 0.3 is 0 Å². The molecule has 2 unspecified atom stereocenters. The molecule has 2 aliphatic rings. The lowest BCUT2D eigenvalue weighted by atomic mass is 9.66. The van der Waals surface area contributed by atoms with Crippen LogP contribution in [0.1, 0.15) is 37.2 Å². The largest absolute Gasteiger partial charge is 0.296 e. The van der Waals surface area contributed by atoms with Crippen molar-refractivity contribution in [3.63, 3.8) is 0 Å². The van der Waals surface area contributed by atoms with Gasteiger partial charge in [-0.05, 0) is 29.5 Å². The van der Waals surface area contributed by atoms with Gasteiger partial charge in [0.1, 0.15) is 5.82 Å². The molecule has 0 bridgehead atoms. The number of amides is 2. The molecule has 19 heavy (non-hydrogen) atoms. The molecule has 1 aromatic carbocycles. The van der Waals surface area contributed by atoms with Crippen LogP contribution in [0, 0.1) is 17.7 Å². The molecule has 3 rings (SSSR count). The van der Waals surface area contributed by atoms with Gasteiger partial charge in [-0.2, -0.15) is 0 Å². The third-order valence-electron chi connectivity index (χ3n) is 4.38. The zero-order chi connectivity index (χ0) is 13.4. The van der Waals surface area contributed by atoms with Gasteiger partial charge in [-0.3, -0.25) is 14.9 Å². The minimum Gasteiger partial charge on any atom is -0.296 e. The highest BCUT2D eigenvalue weighted by Gasteiger charge is 2.42. The standard InChI is InChI=1S/C15H16FNO2/c16-11-6-4-10(5-7-11)14-12(9-2-1-3-9)8-13(18)17-15(14)19/h4-7,9,12,14H,1-3,8H2,(H,17,18,19). The maximum Gasteiger partial charge on any atom is 0.234 e. The van der Waals surface area contributed by atoms with Crippen molar-refractivity contribution in [2.45, 2.75) is 31.6 Å². The van der Waals surface area contributed by atoms with Crippen molar-refractivity contribution in [2.24, 2.45) is 11.8 Å². The monoisotopic (exact) mass is 261 g/mol. The van der Waals surface area contributed by atoms with Gasteiger partial charge in [0.15, 0.2) is 0 Å². The molecule has 2 fully saturated rings. The van der Waals surface area contributed by atoms with Gasteiger partial charge in [0.25, 0.3) is 0 Å². The van der Waals surface area contributed by atoms with Crippen LogP contribution in [0.4, 0.5) is 4.39 Å². The number of nitrogens with one attached hydrogen (secondary N) is 1. The van der Waals surface area contributed by atoms with Crippen LogP contribution in [0.2, 0.25) is 0 Å². The van der Waals surface area contributed by atoms with Crippen molar-refractivity contribution < 1.29 is 14.0 Å². The van der Waals surface area contributed by atoms with Crippen LogP contribution in [-0.2, 0) is 9.59 Å². The zero-order valence-electron chi connectivity index (χ0n) is 10.6. The van der Waals surface area contributed by atoms with Crippen molar-refractivity contribution in [3.8, 4) is 0 Å². The molecule has 2 amide bonds. The number of carbonyl (C=O) groups is 2. The molecule has 0 aromatic heterocycles. The van der Waals surface area contributed by atoms with E-state index in [1.807, 2.05) is 0 Å². The van der Waals surface area contributed by atoms with Crippen molar-refractivity contribution >= 4 is 11.8 Å². The molecule has 4 heteroatoms. The van der Waals surface area contributed by atoms with Gasteiger partial charge in [0.2, 0.25) is 11.8 Å². The van der Waals surface area contributed by atoms with Crippen molar-refractivity contribution in [1.29, 1.82) is 0 Å². The Bertz CT molecular complexity index is 507. The summed E-state index contributed by atoms with van der Waals surface area (Å²) in [7, 11) is 0. The highest BCUT2D eigenvalue weighted by atomic mass is 19.1. The predicted molar refractivity (Wildman–Crippen MR) is 67.7 cm³/mol. The summed E-state index contributed by atoms with van der Waals surface area (Å²) in [5.74, 6) is -0.523. The Morgan fingerprint density at radius 1 is 1.11 bits per heavy atom. The molecule has 1 aliphatic carbocycles. The number of rotatable bonds is 2. The summed E-state index contributed by atoms with van der Waals surface area (Å²) in [4.78, 5) is 23.7. The maximum atomic E-state index is 13.0. The van der Waals surface area contributed by atoms with E-state index in [0.717, 1.165) is 18.4 Å². The molecule has 2 atom stereocenters. The van der Waals surface area contributed by atoms with Crippen LogP contribution >= 0.6 is 0 Å². The van der Waals surface area contributed by atoms with E-state index < -0.39 is 0 Å². The SMILES string of the molecule is O=C1CC(C2CCC2)C(c2ccc(F)cc2)C(=O)N1. The molecule has 1 aromatic rings. The molecule has 3 nitrogen and oxygen atoms in total. The molecular formula is C15H16FNO2. The first-order valence-corrected chi connectivity index (χ1v) is 6.74. The van der Waals surface area contributed by atoms with Crippen LogP contribution in [0.25, 0.3) is 0 Å². The highest BCUT2D eigenvalue weighted by molar-refractivity contribution is 6.01. The Labute approximate surface area is 111 Å². The lowest BCUT2D eigenvalue weighted by Gasteiger charge is -2.40. The molecule has 100 valence electrons. The summed E-state index contributed by atoms with van der Waals surface area (Å²) in [6.07, 6.45) is 3.75. The number of hydrogen-bond donors (Lipinski definition) is 1. The zero-order valence-corrected chi connectivity index (χ0v) is 10.6. The first-order valence-electron chi connectivity index (χ1n) is 6.74. The molecular weight excluding hydrogens is 245 g/mol. The number of imide groups is 1.